The van der Waals surface area contributed by atoms with Gasteiger partial charge in [-0.3, -0.25) is 10.1 Å². The van der Waals surface area contributed by atoms with Gasteiger partial charge in [0.15, 0.2) is 0 Å². The second kappa shape index (κ2) is 7.60. The van der Waals surface area contributed by atoms with Gasteiger partial charge in [0.25, 0.3) is 0 Å². The van der Waals surface area contributed by atoms with Crippen LogP contribution in [0.5, 0.6) is 0 Å². The molecular formula is C14H25N3OS. The van der Waals surface area contributed by atoms with Crippen molar-refractivity contribution < 1.29 is 4.79 Å². The summed E-state index contributed by atoms with van der Waals surface area (Å²) in [5.41, 5.74) is 1.03. The van der Waals surface area contributed by atoms with E-state index in [2.05, 4.69) is 22.5 Å². The van der Waals surface area contributed by atoms with Crippen LogP contribution >= 0.6 is 11.3 Å². The van der Waals surface area contributed by atoms with E-state index in [1.54, 1.807) is 11.3 Å². The molecule has 0 aliphatic rings. The van der Waals surface area contributed by atoms with Gasteiger partial charge in [0, 0.05) is 17.1 Å². The maximum atomic E-state index is 12.0. The monoisotopic (exact) mass is 283 g/mol. The van der Waals surface area contributed by atoms with Crippen LogP contribution in [-0.4, -0.2) is 23.0 Å². The number of nitrogens with one attached hydrogen (secondary N) is 2. The highest BCUT2D eigenvalue weighted by atomic mass is 32.1. The zero-order valence-electron chi connectivity index (χ0n) is 12.5. The third-order valence-corrected chi connectivity index (χ3v) is 4.16. The van der Waals surface area contributed by atoms with Gasteiger partial charge in [-0.15, -0.1) is 11.3 Å². The highest BCUT2D eigenvalue weighted by molar-refractivity contribution is 7.09. The molecule has 3 unspecified atom stereocenters. The summed E-state index contributed by atoms with van der Waals surface area (Å²) >= 11 is 1.63. The zero-order valence-corrected chi connectivity index (χ0v) is 13.3. The van der Waals surface area contributed by atoms with E-state index < -0.39 is 0 Å². The predicted molar refractivity (Wildman–Crippen MR) is 80.4 cm³/mol. The first kappa shape index (κ1) is 16.1. The highest BCUT2D eigenvalue weighted by Crippen LogP contribution is 2.17. The molecule has 0 saturated heterocycles. The number of nitrogens with zero attached hydrogens (tertiary/aromatic N) is 1. The van der Waals surface area contributed by atoms with Gasteiger partial charge in [0.05, 0.1) is 12.1 Å². The summed E-state index contributed by atoms with van der Waals surface area (Å²) < 4.78 is 0. The van der Waals surface area contributed by atoms with Gasteiger partial charge in [-0.05, 0) is 34.1 Å². The Bertz CT molecular complexity index is 405. The molecule has 1 aromatic rings. The van der Waals surface area contributed by atoms with Crippen LogP contribution in [0.25, 0.3) is 0 Å². The molecule has 0 aromatic carbocycles. The summed E-state index contributed by atoms with van der Waals surface area (Å²) in [7, 11) is 0. The molecule has 0 spiro atoms. The first-order valence-corrected chi connectivity index (χ1v) is 7.80. The van der Waals surface area contributed by atoms with Gasteiger partial charge in [0.1, 0.15) is 5.01 Å². The highest BCUT2D eigenvalue weighted by Gasteiger charge is 2.18. The molecule has 5 heteroatoms. The SMILES string of the molecule is CCCC(C)NC(=O)C(C)NC(C)c1nc(C)cs1. The van der Waals surface area contributed by atoms with Gasteiger partial charge in [-0.2, -0.15) is 0 Å². The lowest BCUT2D eigenvalue weighted by Crippen LogP contribution is -2.46. The quantitative estimate of drug-likeness (QED) is 0.809. The van der Waals surface area contributed by atoms with Gasteiger partial charge in [-0.1, -0.05) is 13.3 Å². The molecule has 1 heterocycles. The minimum Gasteiger partial charge on any atom is -0.352 e. The Balaban J connectivity index is 2.45. The summed E-state index contributed by atoms with van der Waals surface area (Å²) in [6.07, 6.45) is 2.09. The van der Waals surface area contributed by atoms with E-state index in [9.17, 15) is 4.79 Å². The van der Waals surface area contributed by atoms with Crippen molar-refractivity contribution >= 4 is 17.2 Å². The van der Waals surface area contributed by atoms with E-state index in [0.717, 1.165) is 23.5 Å². The Labute approximate surface area is 120 Å². The minimum absolute atomic E-state index is 0.0566. The lowest BCUT2D eigenvalue weighted by molar-refractivity contribution is -0.123. The molecule has 3 atom stereocenters. The molecule has 108 valence electrons. The van der Waals surface area contributed by atoms with Crippen molar-refractivity contribution in [3.63, 3.8) is 0 Å². The van der Waals surface area contributed by atoms with Crippen molar-refractivity contribution in [1.29, 1.82) is 0 Å². The van der Waals surface area contributed by atoms with Crippen LogP contribution in [0.2, 0.25) is 0 Å². The number of amides is 1. The van der Waals surface area contributed by atoms with E-state index in [4.69, 9.17) is 0 Å². The molecule has 0 fully saturated rings. The second-order valence-corrected chi connectivity index (χ2v) is 6.03. The Hall–Kier alpha value is -0.940. The first-order valence-electron chi connectivity index (χ1n) is 6.92. The average Bonchev–Trinajstić information content (AvgIpc) is 2.76. The molecule has 0 radical (unpaired) electrons. The summed E-state index contributed by atoms with van der Waals surface area (Å²) in [5.74, 6) is 0.0566. The minimum atomic E-state index is -0.210. The fraction of sp³-hybridized carbons (Fsp3) is 0.714. The molecule has 0 saturated carbocycles. The molecule has 1 rings (SSSR count). The summed E-state index contributed by atoms with van der Waals surface area (Å²) in [6, 6.07) is 0.124. The smallest absolute Gasteiger partial charge is 0.237 e. The van der Waals surface area contributed by atoms with Crippen LogP contribution in [0.3, 0.4) is 0 Å². The van der Waals surface area contributed by atoms with Gasteiger partial charge in [0.2, 0.25) is 5.91 Å². The molecule has 1 amide bonds. The van der Waals surface area contributed by atoms with E-state index in [1.165, 1.54) is 0 Å². The summed E-state index contributed by atoms with van der Waals surface area (Å²) in [6.45, 7) is 10.1. The molecule has 0 bridgehead atoms. The number of hydrogen-bond donors (Lipinski definition) is 2. The molecule has 0 aliphatic heterocycles. The summed E-state index contributed by atoms with van der Waals surface area (Å²) in [4.78, 5) is 16.4. The standard InChI is InChI=1S/C14H25N3OS/c1-6-7-9(2)15-13(18)11(4)17-12(5)14-16-10(3)8-19-14/h8-9,11-12,17H,6-7H2,1-5H3,(H,15,18). The Morgan fingerprint density at radius 1 is 1.42 bits per heavy atom. The molecule has 19 heavy (non-hydrogen) atoms. The third-order valence-electron chi connectivity index (χ3n) is 3.01. The molecular weight excluding hydrogens is 258 g/mol. The summed E-state index contributed by atoms with van der Waals surface area (Å²) in [5, 5.41) is 9.37. The lowest BCUT2D eigenvalue weighted by Gasteiger charge is -2.20. The van der Waals surface area contributed by atoms with Crippen molar-refractivity contribution in [3.8, 4) is 0 Å². The van der Waals surface area contributed by atoms with Gasteiger partial charge >= 0.3 is 0 Å². The number of carbonyl (C=O) groups is 1. The van der Waals surface area contributed by atoms with Crippen LogP contribution in [0.1, 0.15) is 57.3 Å². The van der Waals surface area contributed by atoms with Crippen LogP contribution in [0, 0.1) is 6.92 Å². The van der Waals surface area contributed by atoms with Gasteiger partial charge < -0.3 is 5.32 Å². The largest absolute Gasteiger partial charge is 0.352 e. The molecule has 1 aromatic heterocycles. The fourth-order valence-corrected chi connectivity index (χ4v) is 2.78. The maximum absolute atomic E-state index is 12.0. The van der Waals surface area contributed by atoms with E-state index in [-0.39, 0.29) is 24.0 Å². The molecule has 0 aliphatic carbocycles. The lowest BCUT2D eigenvalue weighted by atomic mass is 10.2. The van der Waals surface area contributed by atoms with Gasteiger partial charge in [-0.25, -0.2) is 4.98 Å². The number of aryl methyl sites for hydroxylation is 1. The predicted octanol–water partition coefficient (Wildman–Crippen LogP) is 2.80. The van der Waals surface area contributed by atoms with Crippen molar-refractivity contribution in [2.45, 2.75) is 65.6 Å². The molecule has 4 nitrogen and oxygen atoms in total. The number of carbonyl (C=O) groups excluding carboxylic acids is 1. The van der Waals surface area contributed by atoms with E-state index in [1.807, 2.05) is 33.1 Å². The maximum Gasteiger partial charge on any atom is 0.237 e. The van der Waals surface area contributed by atoms with Crippen LogP contribution in [0.15, 0.2) is 5.38 Å². The molecule has 2 N–H and O–H groups in total. The number of aromatic nitrogens is 1. The van der Waals surface area contributed by atoms with Crippen molar-refractivity contribution in [1.82, 2.24) is 15.6 Å². The Morgan fingerprint density at radius 2 is 2.11 bits per heavy atom. The van der Waals surface area contributed by atoms with Crippen LogP contribution in [0.4, 0.5) is 0 Å². The van der Waals surface area contributed by atoms with Crippen LogP contribution < -0.4 is 10.6 Å². The van der Waals surface area contributed by atoms with E-state index >= 15 is 0 Å². The Kier molecular flexibility index (Phi) is 6.45. The topological polar surface area (TPSA) is 54.0 Å². The second-order valence-electron chi connectivity index (χ2n) is 5.14. The Morgan fingerprint density at radius 3 is 2.63 bits per heavy atom. The first-order chi connectivity index (χ1) is 8.93. The fourth-order valence-electron chi connectivity index (χ4n) is 1.97. The normalized spacial score (nSPS) is 15.8. The van der Waals surface area contributed by atoms with E-state index in [0.29, 0.717) is 0 Å². The average molecular weight is 283 g/mol. The van der Waals surface area contributed by atoms with Crippen molar-refractivity contribution in [3.05, 3.63) is 16.1 Å². The van der Waals surface area contributed by atoms with Crippen molar-refractivity contribution in [2.24, 2.45) is 0 Å². The number of thiazole rings is 1. The van der Waals surface area contributed by atoms with Crippen LogP contribution in [-0.2, 0) is 4.79 Å². The number of rotatable bonds is 7. The number of hydrogen-bond acceptors (Lipinski definition) is 4. The third kappa shape index (κ3) is 5.28. The van der Waals surface area contributed by atoms with Crippen molar-refractivity contribution in [2.75, 3.05) is 0 Å². The zero-order chi connectivity index (χ0) is 14.4.